The van der Waals surface area contributed by atoms with Gasteiger partial charge in [-0.25, -0.2) is 0 Å². The summed E-state index contributed by atoms with van der Waals surface area (Å²) in [6.45, 7) is 8.28. The van der Waals surface area contributed by atoms with Crippen LogP contribution in [0.3, 0.4) is 0 Å². The number of carbonyl (C=O) groups excluding carboxylic acids is 2. The predicted molar refractivity (Wildman–Crippen MR) is 100 cm³/mol. The lowest BCUT2D eigenvalue weighted by Crippen LogP contribution is -2.57. The molecule has 4 heterocycles. The largest absolute Gasteiger partial charge is 0.381 e. The summed E-state index contributed by atoms with van der Waals surface area (Å²) < 4.78 is 5.48. The van der Waals surface area contributed by atoms with Gasteiger partial charge < -0.3 is 19.9 Å². The molecule has 1 aliphatic carbocycles. The molecule has 1 N–H and O–H groups in total. The molecule has 1 saturated carbocycles. The number of hydrogen-bond acceptors (Lipinski definition) is 5. The van der Waals surface area contributed by atoms with Crippen LogP contribution < -0.4 is 5.32 Å². The third-order valence-corrected chi connectivity index (χ3v) is 7.50. The van der Waals surface area contributed by atoms with Crippen LogP contribution in [0.1, 0.15) is 25.7 Å². The minimum atomic E-state index is -0.384. The molecular formula is C20H32N4O3. The molecule has 5 rings (SSSR count). The van der Waals surface area contributed by atoms with Crippen LogP contribution in [0.25, 0.3) is 0 Å². The maximum absolute atomic E-state index is 13.5. The van der Waals surface area contributed by atoms with Crippen molar-refractivity contribution >= 4 is 11.8 Å². The van der Waals surface area contributed by atoms with E-state index in [4.69, 9.17) is 4.74 Å². The molecule has 7 nitrogen and oxygen atoms in total. The zero-order valence-electron chi connectivity index (χ0n) is 16.2. The van der Waals surface area contributed by atoms with Crippen LogP contribution >= 0.6 is 0 Å². The van der Waals surface area contributed by atoms with Gasteiger partial charge in [-0.3, -0.25) is 14.5 Å². The molecule has 0 aromatic rings. The van der Waals surface area contributed by atoms with Crippen LogP contribution in [-0.4, -0.2) is 98.1 Å². The van der Waals surface area contributed by atoms with Crippen molar-refractivity contribution in [3.8, 4) is 0 Å². The first kappa shape index (κ1) is 17.9. The van der Waals surface area contributed by atoms with Gasteiger partial charge in [0.25, 0.3) is 0 Å². The number of fused-ring (bicyclic) bond motifs is 1. The van der Waals surface area contributed by atoms with Crippen molar-refractivity contribution in [1.29, 1.82) is 0 Å². The summed E-state index contributed by atoms with van der Waals surface area (Å²) in [4.78, 5) is 32.7. The molecule has 0 unspecified atom stereocenters. The second-order valence-electron chi connectivity index (χ2n) is 9.15. The van der Waals surface area contributed by atoms with Crippen molar-refractivity contribution in [1.82, 2.24) is 20.0 Å². The van der Waals surface area contributed by atoms with Crippen molar-refractivity contribution in [2.45, 2.75) is 31.7 Å². The van der Waals surface area contributed by atoms with E-state index in [1.54, 1.807) is 0 Å². The zero-order valence-corrected chi connectivity index (χ0v) is 16.2. The Balaban J connectivity index is 1.23. The van der Waals surface area contributed by atoms with E-state index in [-0.39, 0.29) is 23.2 Å². The predicted octanol–water partition coefficient (Wildman–Crippen LogP) is -0.232. The summed E-state index contributed by atoms with van der Waals surface area (Å²) in [5.41, 5.74) is -0.384. The molecule has 150 valence electrons. The van der Waals surface area contributed by atoms with Gasteiger partial charge in [-0.05, 0) is 25.7 Å². The fraction of sp³-hybridized carbons (Fsp3) is 0.900. The summed E-state index contributed by atoms with van der Waals surface area (Å²) >= 11 is 0. The SMILES string of the molecule is O=C(C1CC1)N1C[C@H]2CNC[C@@]2(C(=O)N2CCN(C3CCOCC3)CC2)C1. The number of carbonyl (C=O) groups is 2. The number of likely N-dealkylation sites (tertiary alicyclic amines) is 1. The van der Waals surface area contributed by atoms with Crippen LogP contribution in [0.2, 0.25) is 0 Å². The Morgan fingerprint density at radius 1 is 0.963 bits per heavy atom. The molecule has 5 fully saturated rings. The standard InChI is InChI=1S/C20H32N4O3/c25-18(15-1-2-15)24-12-16-11-21-13-20(16,14-24)19(26)23-7-5-22(6-8-23)17-3-9-27-10-4-17/h15-17,21H,1-14H2/t16-,20-/m1/s1. The molecule has 0 aromatic carbocycles. The van der Waals surface area contributed by atoms with E-state index in [1.165, 1.54) is 0 Å². The Labute approximate surface area is 161 Å². The van der Waals surface area contributed by atoms with E-state index in [9.17, 15) is 9.59 Å². The highest BCUT2D eigenvalue weighted by Gasteiger charge is 2.57. The van der Waals surface area contributed by atoms with E-state index in [2.05, 4.69) is 15.1 Å². The number of rotatable bonds is 3. The van der Waals surface area contributed by atoms with E-state index >= 15 is 0 Å². The maximum Gasteiger partial charge on any atom is 0.232 e. The van der Waals surface area contributed by atoms with Gasteiger partial charge in [-0.15, -0.1) is 0 Å². The van der Waals surface area contributed by atoms with E-state index < -0.39 is 0 Å². The monoisotopic (exact) mass is 376 g/mol. The molecule has 0 radical (unpaired) electrons. The van der Waals surface area contributed by atoms with Crippen LogP contribution in [0.15, 0.2) is 0 Å². The molecule has 4 saturated heterocycles. The number of ether oxygens (including phenoxy) is 1. The quantitative estimate of drug-likeness (QED) is 0.737. The molecule has 27 heavy (non-hydrogen) atoms. The van der Waals surface area contributed by atoms with Gasteiger partial charge in [0.1, 0.15) is 0 Å². The number of nitrogens with one attached hydrogen (secondary N) is 1. The smallest absolute Gasteiger partial charge is 0.232 e. The first-order chi connectivity index (χ1) is 13.2. The molecule has 4 aliphatic heterocycles. The average Bonchev–Trinajstić information content (AvgIpc) is 3.38. The van der Waals surface area contributed by atoms with Gasteiger partial charge in [0.15, 0.2) is 0 Å². The molecular weight excluding hydrogens is 344 g/mol. The lowest BCUT2D eigenvalue weighted by atomic mass is 9.79. The number of nitrogens with zero attached hydrogens (tertiary/aromatic N) is 3. The third-order valence-electron chi connectivity index (χ3n) is 7.50. The summed E-state index contributed by atoms with van der Waals surface area (Å²) in [6.07, 6.45) is 4.30. The fourth-order valence-electron chi connectivity index (χ4n) is 5.63. The van der Waals surface area contributed by atoms with Gasteiger partial charge in [0, 0.05) is 83.4 Å². The Bertz CT molecular complexity index is 596. The Morgan fingerprint density at radius 2 is 1.70 bits per heavy atom. The molecule has 7 heteroatoms. The maximum atomic E-state index is 13.5. The van der Waals surface area contributed by atoms with Crippen LogP contribution in [0.4, 0.5) is 0 Å². The van der Waals surface area contributed by atoms with E-state index in [1.807, 2.05) is 4.90 Å². The number of hydrogen-bond donors (Lipinski definition) is 1. The molecule has 2 atom stereocenters. The summed E-state index contributed by atoms with van der Waals surface area (Å²) in [7, 11) is 0. The second-order valence-corrected chi connectivity index (χ2v) is 9.15. The number of amides is 2. The van der Waals surface area contributed by atoms with E-state index in [0.29, 0.717) is 18.5 Å². The van der Waals surface area contributed by atoms with Gasteiger partial charge in [-0.2, -0.15) is 0 Å². The van der Waals surface area contributed by atoms with Gasteiger partial charge >= 0.3 is 0 Å². The fourth-order valence-corrected chi connectivity index (χ4v) is 5.63. The van der Waals surface area contributed by atoms with Crippen LogP contribution in [0.5, 0.6) is 0 Å². The Morgan fingerprint density at radius 3 is 2.41 bits per heavy atom. The number of piperazine rings is 1. The lowest BCUT2D eigenvalue weighted by Gasteiger charge is -2.43. The highest BCUT2D eigenvalue weighted by Crippen LogP contribution is 2.43. The summed E-state index contributed by atoms with van der Waals surface area (Å²) in [6, 6.07) is 0.619. The average molecular weight is 377 g/mol. The molecule has 0 aromatic heterocycles. The minimum Gasteiger partial charge on any atom is -0.381 e. The van der Waals surface area contributed by atoms with E-state index in [0.717, 1.165) is 84.7 Å². The van der Waals surface area contributed by atoms with Gasteiger partial charge in [0.05, 0.1) is 5.41 Å². The lowest BCUT2D eigenvalue weighted by molar-refractivity contribution is -0.144. The summed E-state index contributed by atoms with van der Waals surface area (Å²) in [5, 5.41) is 3.44. The Kier molecular flexibility index (Phi) is 4.64. The van der Waals surface area contributed by atoms with Gasteiger partial charge in [0.2, 0.25) is 11.8 Å². The first-order valence-corrected chi connectivity index (χ1v) is 10.8. The zero-order chi connectivity index (χ0) is 18.4. The third kappa shape index (κ3) is 3.17. The van der Waals surface area contributed by atoms with Crippen molar-refractivity contribution in [3.05, 3.63) is 0 Å². The highest BCUT2D eigenvalue weighted by atomic mass is 16.5. The normalized spacial score (nSPS) is 35.5. The van der Waals surface area contributed by atoms with Crippen molar-refractivity contribution in [3.63, 3.8) is 0 Å². The summed E-state index contributed by atoms with van der Waals surface area (Å²) in [5.74, 6) is 1.10. The van der Waals surface area contributed by atoms with Crippen molar-refractivity contribution in [2.24, 2.45) is 17.3 Å². The molecule has 0 bridgehead atoms. The minimum absolute atomic E-state index is 0.243. The topological polar surface area (TPSA) is 65.1 Å². The Hall–Kier alpha value is -1.18. The van der Waals surface area contributed by atoms with Crippen LogP contribution in [0, 0.1) is 17.3 Å². The molecule has 0 spiro atoms. The van der Waals surface area contributed by atoms with Crippen molar-refractivity contribution < 1.29 is 14.3 Å². The molecule has 2 amide bonds. The van der Waals surface area contributed by atoms with Gasteiger partial charge in [-0.1, -0.05) is 0 Å². The molecule has 5 aliphatic rings. The second kappa shape index (κ2) is 7.01. The van der Waals surface area contributed by atoms with Crippen molar-refractivity contribution in [2.75, 3.05) is 65.6 Å². The van der Waals surface area contributed by atoms with Crippen LogP contribution in [-0.2, 0) is 14.3 Å². The first-order valence-electron chi connectivity index (χ1n) is 10.8. The highest BCUT2D eigenvalue weighted by molar-refractivity contribution is 5.87.